The van der Waals surface area contributed by atoms with Crippen molar-refractivity contribution >= 4 is 25.3 Å². The van der Waals surface area contributed by atoms with Crippen LogP contribution < -0.4 is 21.0 Å². The number of rotatable bonds is 10. The lowest BCUT2D eigenvalue weighted by atomic mass is 9.98. The van der Waals surface area contributed by atoms with Crippen molar-refractivity contribution in [2.75, 3.05) is 6.61 Å². The molecule has 1 unspecified atom stereocenters. The van der Waals surface area contributed by atoms with Gasteiger partial charge in [-0.2, -0.15) is 0 Å². The van der Waals surface area contributed by atoms with Gasteiger partial charge < -0.3 is 19.2 Å². The molecule has 0 saturated carbocycles. The smallest absolute Gasteiger partial charge is 0.411 e. The molecule has 2 aromatic carbocycles. The average Bonchev–Trinajstić information content (AvgIpc) is 3.15. The van der Waals surface area contributed by atoms with Gasteiger partial charge in [0.15, 0.2) is 11.9 Å². The zero-order valence-electron chi connectivity index (χ0n) is 21.6. The zero-order valence-corrected chi connectivity index (χ0v) is 23.2. The highest BCUT2D eigenvalue weighted by atomic mass is 35.5. The first-order chi connectivity index (χ1) is 19.3. The number of ether oxygens (including phenoxy) is 1. The fourth-order valence-corrected chi connectivity index (χ4v) is 5.20. The minimum absolute atomic E-state index is 0.0487. The number of alkyl halides is 1. The van der Waals surface area contributed by atoms with Crippen LogP contribution >= 0.6 is 19.3 Å². The van der Waals surface area contributed by atoms with Gasteiger partial charge in [-0.3, -0.25) is 23.7 Å². The summed E-state index contributed by atoms with van der Waals surface area (Å²) in [6.45, 7) is 1.70. The number of hydrogen-bond acceptors (Lipinski definition) is 9. The average molecular weight is 616 g/mol. The Morgan fingerprint density at radius 3 is 2.59 bits per heavy atom. The molecule has 1 aromatic heterocycles. The van der Waals surface area contributed by atoms with E-state index in [9.17, 15) is 28.4 Å². The topological polar surface area (TPSA) is 158 Å². The van der Waals surface area contributed by atoms with E-state index < -0.39 is 61.5 Å². The lowest BCUT2D eigenvalue weighted by Gasteiger charge is -2.24. The summed E-state index contributed by atoms with van der Waals surface area (Å²) < 4.78 is 60.3. The molecule has 5 atom stereocenters. The Bertz CT molecular complexity index is 1580. The predicted molar refractivity (Wildman–Crippen MR) is 141 cm³/mol. The van der Waals surface area contributed by atoms with E-state index >= 15 is 4.39 Å². The van der Waals surface area contributed by atoms with Crippen molar-refractivity contribution in [2.45, 2.75) is 44.4 Å². The summed E-state index contributed by atoms with van der Waals surface area (Å²) in [4.78, 5) is 41.9. The fraction of sp³-hybridized carbons (Fsp3) is 0.320. The Kier molecular flexibility index (Phi) is 9.12. The van der Waals surface area contributed by atoms with Crippen molar-refractivity contribution in [2.24, 2.45) is 0 Å². The van der Waals surface area contributed by atoms with Gasteiger partial charge in [0.25, 0.3) is 5.56 Å². The van der Waals surface area contributed by atoms with E-state index in [0.29, 0.717) is 5.56 Å². The molecule has 41 heavy (non-hydrogen) atoms. The number of halogens is 3. The molecule has 0 radical (unpaired) electrons. The Balaban J connectivity index is 1.52. The van der Waals surface area contributed by atoms with Crippen molar-refractivity contribution in [3.05, 3.63) is 86.4 Å². The molecule has 3 aromatic rings. The van der Waals surface area contributed by atoms with Gasteiger partial charge in [0, 0.05) is 29.3 Å². The molecule has 1 aliphatic heterocycles. The van der Waals surface area contributed by atoms with E-state index in [1.165, 1.54) is 43.3 Å². The van der Waals surface area contributed by atoms with Crippen LogP contribution in [0.4, 0.5) is 8.78 Å². The largest absolute Gasteiger partial charge is 0.491 e. The van der Waals surface area contributed by atoms with Crippen molar-refractivity contribution in [3.63, 3.8) is 0 Å². The van der Waals surface area contributed by atoms with Crippen LogP contribution in [-0.2, 0) is 23.5 Å². The number of carbonyl (C=O) groups is 1. The lowest BCUT2D eigenvalue weighted by molar-refractivity contribution is -0.147. The highest BCUT2D eigenvalue weighted by Gasteiger charge is 2.55. The molecule has 220 valence electrons. The van der Waals surface area contributed by atoms with Gasteiger partial charge >= 0.3 is 19.4 Å². The molecule has 0 spiro atoms. The van der Waals surface area contributed by atoms with Crippen LogP contribution in [0.2, 0.25) is 5.02 Å². The first kappa shape index (κ1) is 30.6. The summed E-state index contributed by atoms with van der Waals surface area (Å²) in [6.07, 6.45) is -4.13. The molecule has 1 aliphatic rings. The summed E-state index contributed by atoms with van der Waals surface area (Å²) >= 11 is 5.80. The number of hydrogen-bond donors (Lipinski definition) is 3. The molecule has 0 amide bonds. The Hall–Kier alpha value is -3.39. The molecule has 2 heterocycles. The maximum Gasteiger partial charge on any atom is 0.491 e. The Labute approximate surface area is 236 Å². The molecule has 1 fully saturated rings. The quantitative estimate of drug-likeness (QED) is 0.227. The summed E-state index contributed by atoms with van der Waals surface area (Å²) in [7, 11) is -4.55. The van der Waals surface area contributed by atoms with E-state index in [0.717, 1.165) is 29.8 Å². The summed E-state index contributed by atoms with van der Waals surface area (Å²) in [5.41, 5.74) is -3.56. The lowest BCUT2D eigenvalue weighted by Crippen LogP contribution is -2.43. The highest BCUT2D eigenvalue weighted by molar-refractivity contribution is 7.51. The molecule has 0 bridgehead atoms. The van der Waals surface area contributed by atoms with E-state index in [2.05, 4.69) is 0 Å². The molecule has 0 aliphatic carbocycles. The monoisotopic (exact) mass is 615 g/mol. The van der Waals surface area contributed by atoms with Gasteiger partial charge in [0.1, 0.15) is 23.8 Å². The van der Waals surface area contributed by atoms with Crippen molar-refractivity contribution in [1.29, 1.82) is 0 Å². The molecule has 16 heteroatoms. The minimum Gasteiger partial charge on any atom is -0.411 e. The number of nitrogens with one attached hydrogen (secondary N) is 2. The number of aliphatic hydroxyl groups is 1. The Morgan fingerprint density at radius 1 is 1.24 bits per heavy atom. The first-order valence-electron chi connectivity index (χ1n) is 12.1. The second kappa shape index (κ2) is 12.2. The van der Waals surface area contributed by atoms with Crippen LogP contribution in [-0.4, -0.2) is 45.1 Å². The number of H-pyrrole nitrogens is 1. The van der Waals surface area contributed by atoms with E-state index in [1.807, 2.05) is 10.2 Å². The first-order valence-corrected chi connectivity index (χ1v) is 14.1. The summed E-state index contributed by atoms with van der Waals surface area (Å²) in [5.74, 6) is -1.42. The molecular formula is C25H25ClF2N3O9P. The third kappa shape index (κ3) is 6.92. The third-order valence-corrected chi connectivity index (χ3v) is 7.60. The van der Waals surface area contributed by atoms with Crippen LogP contribution in [0.5, 0.6) is 5.75 Å². The number of carbonyl (C=O) groups excluding carboxylic acids is 1. The molecule has 12 nitrogen and oxygen atoms in total. The maximum absolute atomic E-state index is 15.5. The standard InChI is InChI=1S/C25H25ClF2N3O9P/c1-3-21(33)39-30-41(36,40-16-7-4-14(5-8-16)17-9-6-15(26)12-18(17)27)37-13-19-22(34)25(2,28)23(38-19)31-11-10-20(32)29-24(31)35/h4-12,19,22-23,34H,3,13H2,1-2H3,(H,30,36)(H,29,32,35)/t19-,22-,23-,25-,41?/m1/s1. The molecular weight excluding hydrogens is 591 g/mol. The van der Waals surface area contributed by atoms with E-state index in [1.54, 1.807) is 0 Å². The number of aromatic amines is 1. The maximum atomic E-state index is 15.5. The van der Waals surface area contributed by atoms with Crippen molar-refractivity contribution in [1.82, 2.24) is 14.8 Å². The van der Waals surface area contributed by atoms with E-state index in [4.69, 9.17) is 30.2 Å². The zero-order chi connectivity index (χ0) is 29.9. The van der Waals surface area contributed by atoms with Crippen LogP contribution in [0.1, 0.15) is 26.5 Å². The van der Waals surface area contributed by atoms with Gasteiger partial charge in [-0.05, 0) is 48.1 Å². The Morgan fingerprint density at radius 2 is 1.95 bits per heavy atom. The number of aliphatic hydroxyl groups excluding tert-OH is 1. The molecule has 3 N–H and O–H groups in total. The molecule has 1 saturated heterocycles. The SMILES string of the molecule is CCC(=O)ONP(=O)(OC[C@H]1O[C@@H](n2ccc(=O)[nH]c2=O)[C@](C)(F)[C@@H]1O)Oc1ccc(-c2ccc(Cl)cc2F)cc1. The molecule has 4 rings (SSSR count). The minimum atomic E-state index is -4.55. The predicted octanol–water partition coefficient (Wildman–Crippen LogP) is 3.64. The van der Waals surface area contributed by atoms with Crippen LogP contribution in [0.3, 0.4) is 0 Å². The summed E-state index contributed by atoms with van der Waals surface area (Å²) in [6, 6.07) is 10.7. The fourth-order valence-electron chi connectivity index (χ4n) is 3.94. The van der Waals surface area contributed by atoms with Gasteiger partial charge in [-0.1, -0.05) is 30.7 Å². The van der Waals surface area contributed by atoms with Crippen molar-refractivity contribution in [3.8, 4) is 16.9 Å². The van der Waals surface area contributed by atoms with Crippen molar-refractivity contribution < 1.29 is 41.9 Å². The van der Waals surface area contributed by atoms with Gasteiger partial charge in [0.05, 0.1) is 6.61 Å². The second-order valence-corrected chi connectivity index (χ2v) is 11.1. The van der Waals surface area contributed by atoms with Gasteiger partial charge in [-0.25, -0.2) is 18.1 Å². The van der Waals surface area contributed by atoms with Gasteiger partial charge in [0.2, 0.25) is 0 Å². The summed E-state index contributed by atoms with van der Waals surface area (Å²) in [5, 5.41) is 12.7. The van der Waals surface area contributed by atoms with Crippen LogP contribution in [0.25, 0.3) is 11.1 Å². The van der Waals surface area contributed by atoms with Crippen LogP contribution in [0, 0.1) is 5.82 Å². The third-order valence-electron chi connectivity index (χ3n) is 6.11. The second-order valence-electron chi connectivity index (χ2n) is 9.09. The van der Waals surface area contributed by atoms with E-state index in [-0.39, 0.29) is 22.8 Å². The van der Waals surface area contributed by atoms with Crippen LogP contribution in [0.15, 0.2) is 64.3 Å². The number of aromatic nitrogens is 2. The number of nitrogens with zero attached hydrogens (tertiary/aromatic N) is 1. The van der Waals surface area contributed by atoms with Gasteiger partial charge in [-0.15, -0.1) is 0 Å². The normalized spacial score (nSPS) is 23.6. The number of benzene rings is 2. The highest BCUT2D eigenvalue weighted by Crippen LogP contribution is 2.47.